The Hall–Kier alpha value is -0.910. The van der Waals surface area contributed by atoms with Gasteiger partial charge in [-0.15, -0.1) is 0 Å². The Morgan fingerprint density at radius 2 is 2.33 bits per heavy atom. The summed E-state index contributed by atoms with van der Waals surface area (Å²) < 4.78 is 5.33. The van der Waals surface area contributed by atoms with Gasteiger partial charge in [-0.3, -0.25) is 4.90 Å². The third kappa shape index (κ3) is 2.37. The van der Waals surface area contributed by atoms with E-state index in [1.165, 1.54) is 0 Å². The molecule has 0 bridgehead atoms. The van der Waals surface area contributed by atoms with Crippen molar-refractivity contribution in [3.05, 3.63) is 17.7 Å². The van der Waals surface area contributed by atoms with Crippen molar-refractivity contribution in [2.75, 3.05) is 32.8 Å². The molecule has 5 heteroatoms. The molecule has 0 amide bonds. The van der Waals surface area contributed by atoms with Gasteiger partial charge >= 0.3 is 0 Å². The van der Waals surface area contributed by atoms with Gasteiger partial charge in [-0.25, -0.2) is 4.98 Å². The molecule has 1 aliphatic rings. The number of imidazole rings is 1. The smallest absolute Gasteiger partial charge is 0.103 e. The summed E-state index contributed by atoms with van der Waals surface area (Å²) in [4.78, 5) is 9.81. The highest BCUT2D eigenvalue weighted by Crippen LogP contribution is 2.18. The van der Waals surface area contributed by atoms with Gasteiger partial charge in [0.25, 0.3) is 0 Å². The number of morpholine rings is 1. The van der Waals surface area contributed by atoms with Gasteiger partial charge in [-0.2, -0.15) is 0 Å². The zero-order valence-corrected chi connectivity index (χ0v) is 9.07. The van der Waals surface area contributed by atoms with E-state index in [0.717, 1.165) is 37.8 Å². The Kier molecular flexibility index (Phi) is 3.35. The highest BCUT2D eigenvalue weighted by molar-refractivity contribution is 5.07. The lowest BCUT2D eigenvalue weighted by molar-refractivity contribution is 0.0171. The van der Waals surface area contributed by atoms with Crippen molar-refractivity contribution in [1.82, 2.24) is 14.9 Å². The average molecular weight is 210 g/mol. The number of aromatic amines is 1. The molecule has 0 aliphatic carbocycles. The van der Waals surface area contributed by atoms with E-state index in [1.54, 1.807) is 0 Å². The zero-order valence-electron chi connectivity index (χ0n) is 9.07. The predicted molar refractivity (Wildman–Crippen MR) is 57.5 cm³/mol. The van der Waals surface area contributed by atoms with Gasteiger partial charge in [0.05, 0.1) is 24.9 Å². The van der Waals surface area contributed by atoms with E-state index in [4.69, 9.17) is 10.5 Å². The minimum absolute atomic E-state index is 0.245. The fourth-order valence-electron chi connectivity index (χ4n) is 1.97. The highest BCUT2D eigenvalue weighted by Gasteiger charge is 2.22. The van der Waals surface area contributed by atoms with Gasteiger partial charge in [0.1, 0.15) is 5.82 Å². The van der Waals surface area contributed by atoms with Crippen LogP contribution in [0.1, 0.15) is 17.6 Å². The molecule has 1 atom stereocenters. The minimum atomic E-state index is 0.245. The van der Waals surface area contributed by atoms with Crippen LogP contribution in [0.2, 0.25) is 0 Å². The quantitative estimate of drug-likeness (QED) is 0.739. The number of nitrogens with one attached hydrogen (secondary N) is 1. The van der Waals surface area contributed by atoms with E-state index in [2.05, 4.69) is 14.9 Å². The van der Waals surface area contributed by atoms with Crippen LogP contribution in [0.4, 0.5) is 0 Å². The lowest BCUT2D eigenvalue weighted by atomic mass is 10.2. The van der Waals surface area contributed by atoms with Crippen LogP contribution in [0.5, 0.6) is 0 Å². The molecular formula is C10H18N4O. The van der Waals surface area contributed by atoms with Crippen molar-refractivity contribution in [2.24, 2.45) is 5.73 Å². The van der Waals surface area contributed by atoms with Crippen molar-refractivity contribution in [3.63, 3.8) is 0 Å². The predicted octanol–water partition coefficient (Wildman–Crippen LogP) is 0.0501. The molecule has 1 saturated heterocycles. The molecule has 0 radical (unpaired) electrons. The van der Waals surface area contributed by atoms with Crippen molar-refractivity contribution < 1.29 is 4.74 Å². The molecule has 1 aromatic heterocycles. The molecular weight excluding hydrogens is 192 g/mol. The first-order valence-corrected chi connectivity index (χ1v) is 5.34. The summed E-state index contributed by atoms with van der Waals surface area (Å²) in [7, 11) is 0. The Morgan fingerprint density at radius 1 is 1.60 bits per heavy atom. The van der Waals surface area contributed by atoms with Crippen LogP contribution in [0.3, 0.4) is 0 Å². The van der Waals surface area contributed by atoms with Crippen LogP contribution in [0.15, 0.2) is 6.20 Å². The summed E-state index contributed by atoms with van der Waals surface area (Å²) >= 11 is 0. The molecule has 84 valence electrons. The van der Waals surface area contributed by atoms with Crippen molar-refractivity contribution >= 4 is 0 Å². The van der Waals surface area contributed by atoms with Gasteiger partial charge < -0.3 is 15.5 Å². The third-order valence-corrected chi connectivity index (χ3v) is 2.79. The first kappa shape index (κ1) is 10.6. The molecule has 1 aromatic rings. The summed E-state index contributed by atoms with van der Waals surface area (Å²) in [5.74, 6) is 0.941. The van der Waals surface area contributed by atoms with E-state index in [0.29, 0.717) is 6.54 Å². The normalized spacial score (nSPS) is 20.4. The molecule has 2 rings (SSSR count). The molecule has 0 spiro atoms. The first-order chi connectivity index (χ1) is 7.31. The minimum Gasteiger partial charge on any atom is -0.379 e. The maximum Gasteiger partial charge on any atom is 0.103 e. The van der Waals surface area contributed by atoms with Gasteiger partial charge in [-0.05, 0) is 6.92 Å². The summed E-state index contributed by atoms with van der Waals surface area (Å²) in [6.07, 6.45) is 1.88. The summed E-state index contributed by atoms with van der Waals surface area (Å²) in [5, 5.41) is 0. The maximum absolute atomic E-state index is 5.81. The van der Waals surface area contributed by atoms with E-state index in [9.17, 15) is 0 Å². The van der Waals surface area contributed by atoms with E-state index in [-0.39, 0.29) is 6.04 Å². The summed E-state index contributed by atoms with van der Waals surface area (Å²) in [6.45, 7) is 6.05. The number of aryl methyl sites for hydroxylation is 1. The van der Waals surface area contributed by atoms with E-state index < -0.39 is 0 Å². The largest absolute Gasteiger partial charge is 0.379 e. The topological polar surface area (TPSA) is 67.2 Å². The van der Waals surface area contributed by atoms with Crippen LogP contribution in [-0.2, 0) is 4.74 Å². The summed E-state index contributed by atoms with van der Waals surface area (Å²) in [6, 6.07) is 0.245. The molecule has 3 N–H and O–H groups in total. The molecule has 2 heterocycles. The monoisotopic (exact) mass is 210 g/mol. The zero-order chi connectivity index (χ0) is 10.7. The Bertz CT molecular complexity index is 306. The molecule has 1 aliphatic heterocycles. The SMILES string of the molecule is Cc1ncc(C(CN)N2CCOCC2)[nH]1. The second kappa shape index (κ2) is 4.74. The van der Waals surface area contributed by atoms with E-state index in [1.807, 2.05) is 13.1 Å². The van der Waals surface area contributed by atoms with Gasteiger partial charge in [0, 0.05) is 25.8 Å². The lowest BCUT2D eigenvalue weighted by Gasteiger charge is -2.33. The molecule has 1 unspecified atom stereocenters. The number of nitrogens with zero attached hydrogens (tertiary/aromatic N) is 2. The fraction of sp³-hybridized carbons (Fsp3) is 0.700. The van der Waals surface area contributed by atoms with E-state index >= 15 is 0 Å². The number of hydrogen-bond acceptors (Lipinski definition) is 4. The standard InChI is InChI=1S/C10H18N4O/c1-8-12-7-9(13-8)10(6-11)14-2-4-15-5-3-14/h7,10H,2-6,11H2,1H3,(H,12,13). The molecule has 5 nitrogen and oxygen atoms in total. The fourth-order valence-corrected chi connectivity index (χ4v) is 1.97. The third-order valence-electron chi connectivity index (χ3n) is 2.79. The maximum atomic E-state index is 5.81. The molecule has 1 fully saturated rings. The number of aromatic nitrogens is 2. The van der Waals surface area contributed by atoms with Gasteiger partial charge in [0.15, 0.2) is 0 Å². The van der Waals surface area contributed by atoms with Crippen LogP contribution < -0.4 is 5.73 Å². The molecule has 15 heavy (non-hydrogen) atoms. The van der Waals surface area contributed by atoms with Crippen LogP contribution in [0, 0.1) is 6.92 Å². The Labute approximate surface area is 89.6 Å². The number of nitrogens with two attached hydrogens (primary N) is 1. The number of H-pyrrole nitrogens is 1. The Morgan fingerprint density at radius 3 is 2.87 bits per heavy atom. The van der Waals surface area contributed by atoms with Crippen molar-refractivity contribution in [3.8, 4) is 0 Å². The number of rotatable bonds is 3. The van der Waals surface area contributed by atoms with Crippen molar-refractivity contribution in [1.29, 1.82) is 0 Å². The first-order valence-electron chi connectivity index (χ1n) is 5.34. The van der Waals surface area contributed by atoms with Crippen LogP contribution >= 0.6 is 0 Å². The number of ether oxygens (including phenoxy) is 1. The van der Waals surface area contributed by atoms with Crippen LogP contribution in [-0.4, -0.2) is 47.7 Å². The molecule has 0 saturated carbocycles. The average Bonchev–Trinajstić information content (AvgIpc) is 2.68. The van der Waals surface area contributed by atoms with Gasteiger partial charge in [-0.1, -0.05) is 0 Å². The second-order valence-corrected chi connectivity index (χ2v) is 3.82. The lowest BCUT2D eigenvalue weighted by Crippen LogP contribution is -2.41. The van der Waals surface area contributed by atoms with Crippen molar-refractivity contribution in [2.45, 2.75) is 13.0 Å². The number of hydrogen-bond donors (Lipinski definition) is 2. The highest BCUT2D eigenvalue weighted by atomic mass is 16.5. The molecule has 0 aromatic carbocycles. The van der Waals surface area contributed by atoms with Gasteiger partial charge in [0.2, 0.25) is 0 Å². The summed E-state index contributed by atoms with van der Waals surface area (Å²) in [5.41, 5.74) is 6.92. The van der Waals surface area contributed by atoms with Crippen LogP contribution in [0.25, 0.3) is 0 Å². The second-order valence-electron chi connectivity index (χ2n) is 3.82. The Balaban J connectivity index is 2.08.